The number of piperidine rings is 1. The molecule has 1 unspecified atom stereocenters. The van der Waals surface area contributed by atoms with E-state index < -0.39 is 21.4 Å². The molecule has 41 heavy (non-hydrogen) atoms. The quantitative estimate of drug-likeness (QED) is 0.517. The van der Waals surface area contributed by atoms with Crippen LogP contribution in [0.25, 0.3) is 0 Å². The number of nitrogens with zero attached hydrogens (tertiary/aromatic N) is 4. The molecule has 218 valence electrons. The zero-order chi connectivity index (χ0) is 28.6. The van der Waals surface area contributed by atoms with Gasteiger partial charge in [0.05, 0.1) is 21.7 Å². The number of hydrogen-bond acceptors (Lipinski definition) is 8. The van der Waals surface area contributed by atoms with Gasteiger partial charge < -0.3 is 15.3 Å². The van der Waals surface area contributed by atoms with E-state index >= 15 is 0 Å². The minimum absolute atomic E-state index is 0.0542. The number of likely N-dealkylation sites (tertiary alicyclic amines) is 1. The van der Waals surface area contributed by atoms with Crippen LogP contribution < -0.4 is 10.2 Å². The minimum Gasteiger partial charge on any atom is -0.393 e. The van der Waals surface area contributed by atoms with Crippen LogP contribution in [-0.4, -0.2) is 64.8 Å². The van der Waals surface area contributed by atoms with E-state index in [1.54, 1.807) is 30.5 Å². The number of allylic oxidation sites excluding steroid dienone is 1. The van der Waals surface area contributed by atoms with Crippen molar-refractivity contribution in [3.63, 3.8) is 0 Å². The fourth-order valence-corrected chi connectivity index (χ4v) is 9.71. The predicted molar refractivity (Wildman–Crippen MR) is 157 cm³/mol. The standard InChI is InChI=1S/C31H39N5O4S/c1-20(2)35-14-12-30(13-15-35)17-25(18-30)41(39,40)24-8-6-21(7-9-24)33-29-32-19-26-27(34-29)36(28(38)31(26)10-11-31)22-4-3-5-23(37)16-22/h6-9,19,22-23,25,37H,1,3-5,10-18H2,2H3,(H,32,33,34)/t22?,23-/m1/s1. The molecule has 2 atom stereocenters. The zero-order valence-electron chi connectivity index (χ0n) is 23.7. The lowest BCUT2D eigenvalue weighted by atomic mass is 9.63. The molecule has 2 aromatic rings. The van der Waals surface area contributed by atoms with E-state index in [4.69, 9.17) is 4.98 Å². The first-order valence-electron chi connectivity index (χ1n) is 15.0. The Morgan fingerprint density at radius 2 is 1.80 bits per heavy atom. The van der Waals surface area contributed by atoms with Gasteiger partial charge in [0.2, 0.25) is 11.9 Å². The number of aliphatic hydroxyl groups excluding tert-OH is 1. The van der Waals surface area contributed by atoms with Gasteiger partial charge in [-0.15, -0.1) is 0 Å². The number of amides is 1. The van der Waals surface area contributed by atoms with Crippen molar-refractivity contribution in [2.45, 2.75) is 98.8 Å². The highest BCUT2D eigenvalue weighted by Crippen LogP contribution is 2.58. The summed E-state index contributed by atoms with van der Waals surface area (Å²) in [6, 6.07) is 6.79. The summed E-state index contributed by atoms with van der Waals surface area (Å²) < 4.78 is 26.8. The molecule has 3 saturated carbocycles. The molecule has 1 amide bonds. The third-order valence-corrected chi connectivity index (χ3v) is 12.6. The number of carbonyl (C=O) groups is 1. The molecule has 0 bridgehead atoms. The molecule has 5 aliphatic rings. The van der Waals surface area contributed by atoms with Gasteiger partial charge in [-0.25, -0.2) is 13.4 Å². The summed E-state index contributed by atoms with van der Waals surface area (Å²) in [6.07, 6.45) is 9.60. The molecule has 4 fully saturated rings. The Morgan fingerprint density at radius 3 is 2.44 bits per heavy atom. The molecule has 3 heterocycles. The number of anilines is 3. The number of fused-ring (bicyclic) bond motifs is 2. The first kappa shape index (κ1) is 26.9. The Labute approximate surface area is 242 Å². The van der Waals surface area contributed by atoms with Gasteiger partial charge in [-0.05, 0) is 101 Å². The number of aromatic nitrogens is 2. The first-order valence-corrected chi connectivity index (χ1v) is 16.6. The van der Waals surface area contributed by atoms with Crippen LogP contribution in [0.5, 0.6) is 0 Å². The summed E-state index contributed by atoms with van der Waals surface area (Å²) in [5.74, 6) is 1.11. The van der Waals surface area contributed by atoms with E-state index in [2.05, 4.69) is 21.8 Å². The van der Waals surface area contributed by atoms with Gasteiger partial charge in [-0.2, -0.15) is 4.98 Å². The van der Waals surface area contributed by atoms with Crippen molar-refractivity contribution in [3.05, 3.63) is 48.3 Å². The van der Waals surface area contributed by atoms with Crippen LogP contribution in [0.4, 0.5) is 17.5 Å². The largest absolute Gasteiger partial charge is 0.393 e. The van der Waals surface area contributed by atoms with Crippen molar-refractivity contribution < 1.29 is 18.3 Å². The van der Waals surface area contributed by atoms with Crippen LogP contribution in [0.3, 0.4) is 0 Å². The van der Waals surface area contributed by atoms with Gasteiger partial charge in [0.15, 0.2) is 9.84 Å². The van der Waals surface area contributed by atoms with Crippen LogP contribution in [0.1, 0.15) is 76.7 Å². The normalized spacial score (nSPS) is 26.6. The number of sulfone groups is 1. The monoisotopic (exact) mass is 577 g/mol. The average molecular weight is 578 g/mol. The van der Waals surface area contributed by atoms with Crippen LogP contribution in [0, 0.1) is 5.41 Å². The molecule has 9 nitrogen and oxygen atoms in total. The van der Waals surface area contributed by atoms with Crippen LogP contribution in [-0.2, 0) is 20.0 Å². The van der Waals surface area contributed by atoms with Gasteiger partial charge in [0.1, 0.15) is 5.82 Å². The maximum atomic E-state index is 13.5. The van der Waals surface area contributed by atoms with Crippen molar-refractivity contribution in [3.8, 4) is 0 Å². The maximum absolute atomic E-state index is 13.5. The Morgan fingerprint density at radius 1 is 1.10 bits per heavy atom. The number of carbonyl (C=O) groups excluding carboxylic acids is 1. The molecule has 1 aromatic heterocycles. The molecule has 7 rings (SSSR count). The number of hydrogen-bond donors (Lipinski definition) is 2. The molecule has 2 N–H and O–H groups in total. The molecule has 1 saturated heterocycles. The molecule has 2 aliphatic heterocycles. The molecule has 1 aromatic carbocycles. The van der Waals surface area contributed by atoms with E-state index in [1.165, 1.54) is 0 Å². The SMILES string of the molecule is C=C(C)N1CCC2(CC1)CC(S(=O)(=O)c1ccc(Nc3ncc4c(n3)N(C3CCC[C@@H](O)C3)C(=O)C43CC3)cc1)C2. The van der Waals surface area contributed by atoms with Gasteiger partial charge in [0.25, 0.3) is 0 Å². The summed E-state index contributed by atoms with van der Waals surface area (Å²) >= 11 is 0. The predicted octanol–water partition coefficient (Wildman–Crippen LogP) is 4.45. The number of benzene rings is 1. The summed E-state index contributed by atoms with van der Waals surface area (Å²) in [5.41, 5.74) is 2.32. The lowest BCUT2D eigenvalue weighted by molar-refractivity contribution is -0.121. The number of rotatable bonds is 6. The van der Waals surface area contributed by atoms with E-state index in [9.17, 15) is 18.3 Å². The van der Waals surface area contributed by atoms with Gasteiger partial charge >= 0.3 is 0 Å². The highest BCUT2D eigenvalue weighted by Gasteiger charge is 2.61. The summed E-state index contributed by atoms with van der Waals surface area (Å²) in [6.45, 7) is 8.00. The fraction of sp³-hybridized carbons (Fsp3) is 0.581. The Kier molecular flexibility index (Phi) is 6.25. The molecule has 0 radical (unpaired) electrons. The van der Waals surface area contributed by atoms with E-state index in [0.29, 0.717) is 28.8 Å². The Hall–Kier alpha value is -2.98. The summed E-state index contributed by atoms with van der Waals surface area (Å²) in [4.78, 5) is 27.2. The smallest absolute Gasteiger partial charge is 0.239 e. The lowest BCUT2D eigenvalue weighted by Crippen LogP contribution is -2.51. The maximum Gasteiger partial charge on any atom is 0.239 e. The molecule has 10 heteroatoms. The van der Waals surface area contributed by atoms with E-state index in [1.807, 2.05) is 11.8 Å². The second-order valence-electron chi connectivity index (χ2n) is 13.1. The number of nitrogens with one attached hydrogen (secondary N) is 1. The van der Waals surface area contributed by atoms with Crippen molar-refractivity contribution in [1.82, 2.24) is 14.9 Å². The molecule has 2 spiro atoms. The molecular weight excluding hydrogens is 538 g/mol. The highest BCUT2D eigenvalue weighted by molar-refractivity contribution is 7.92. The van der Waals surface area contributed by atoms with Gasteiger partial charge in [0, 0.05) is 42.3 Å². The summed E-state index contributed by atoms with van der Waals surface area (Å²) in [5, 5.41) is 13.1. The lowest BCUT2D eigenvalue weighted by Gasteiger charge is -2.52. The molecule has 3 aliphatic carbocycles. The van der Waals surface area contributed by atoms with Gasteiger partial charge in [-0.1, -0.05) is 6.58 Å². The van der Waals surface area contributed by atoms with Gasteiger partial charge in [-0.3, -0.25) is 9.69 Å². The zero-order valence-corrected chi connectivity index (χ0v) is 24.5. The Bertz CT molecular complexity index is 1490. The topological polar surface area (TPSA) is 116 Å². The highest BCUT2D eigenvalue weighted by atomic mass is 32.2. The third kappa shape index (κ3) is 4.45. The van der Waals surface area contributed by atoms with Crippen molar-refractivity contribution in [2.24, 2.45) is 5.41 Å². The fourth-order valence-electron chi connectivity index (χ4n) is 7.66. The second-order valence-corrected chi connectivity index (χ2v) is 15.3. The van der Waals surface area contributed by atoms with Crippen molar-refractivity contribution in [1.29, 1.82) is 0 Å². The third-order valence-electron chi connectivity index (χ3n) is 10.4. The number of aliphatic hydroxyl groups is 1. The van der Waals surface area contributed by atoms with Crippen LogP contribution in [0.15, 0.2) is 47.6 Å². The van der Waals surface area contributed by atoms with Crippen LogP contribution in [0.2, 0.25) is 0 Å². The van der Waals surface area contributed by atoms with E-state index in [0.717, 1.165) is 82.1 Å². The van der Waals surface area contributed by atoms with Crippen LogP contribution >= 0.6 is 0 Å². The van der Waals surface area contributed by atoms with E-state index in [-0.39, 0.29) is 22.6 Å². The Balaban J connectivity index is 1.04. The first-order chi connectivity index (χ1) is 19.6. The summed E-state index contributed by atoms with van der Waals surface area (Å²) in [7, 11) is -3.40. The second kappa shape index (κ2) is 9.52. The molecular formula is C31H39N5O4S. The van der Waals surface area contributed by atoms with Crippen molar-refractivity contribution in [2.75, 3.05) is 23.3 Å². The average Bonchev–Trinajstić information content (AvgIpc) is 3.70. The minimum atomic E-state index is -3.40. The van der Waals surface area contributed by atoms with Crippen molar-refractivity contribution >= 4 is 33.2 Å².